The number of nitrogens with one attached hydrogen (secondary N) is 1. The van der Waals surface area contributed by atoms with Crippen molar-refractivity contribution < 1.29 is 18.1 Å². The predicted octanol–water partition coefficient (Wildman–Crippen LogP) is 7.41. The van der Waals surface area contributed by atoms with E-state index in [9.17, 15) is 4.79 Å². The van der Waals surface area contributed by atoms with Gasteiger partial charge in [-0.1, -0.05) is 103 Å². The van der Waals surface area contributed by atoms with Gasteiger partial charge in [-0.3, -0.25) is 4.79 Å². The van der Waals surface area contributed by atoms with Crippen LogP contribution in [-0.4, -0.2) is 42.6 Å². The van der Waals surface area contributed by atoms with Crippen LogP contribution < -0.4 is 5.32 Å². The highest BCUT2D eigenvalue weighted by Gasteiger charge is 2.36. The third-order valence-corrected chi connectivity index (χ3v) is 9.25. The second kappa shape index (κ2) is 23.7. The maximum Gasteiger partial charge on any atom is 0.500 e. The highest BCUT2D eigenvalue weighted by molar-refractivity contribution is 6.60. The van der Waals surface area contributed by atoms with Crippen molar-refractivity contribution in [1.82, 2.24) is 5.32 Å². The van der Waals surface area contributed by atoms with Gasteiger partial charge in [-0.15, -0.1) is 0 Å². The van der Waals surface area contributed by atoms with E-state index in [0.29, 0.717) is 6.42 Å². The fraction of sp³-hybridized carbons (Fsp3) is 0.962. The summed E-state index contributed by atoms with van der Waals surface area (Å²) in [6.45, 7) is 3.00. The van der Waals surface area contributed by atoms with Crippen molar-refractivity contribution in [1.29, 1.82) is 0 Å². The van der Waals surface area contributed by atoms with Crippen molar-refractivity contribution in [3.63, 3.8) is 0 Å². The van der Waals surface area contributed by atoms with Crippen molar-refractivity contribution in [3.8, 4) is 0 Å². The van der Waals surface area contributed by atoms with E-state index in [0.717, 1.165) is 31.9 Å². The average Bonchev–Trinajstić information content (AvgIpc) is 2.81. The van der Waals surface area contributed by atoms with Crippen LogP contribution in [-0.2, 0) is 18.1 Å². The van der Waals surface area contributed by atoms with E-state index in [1.54, 1.807) is 21.3 Å². The summed E-state index contributed by atoms with van der Waals surface area (Å²) in [5.74, 6) is 0.184. The van der Waals surface area contributed by atoms with Crippen molar-refractivity contribution in [2.24, 2.45) is 0 Å². The minimum Gasteiger partial charge on any atom is -0.377 e. The molecule has 0 aromatic heterocycles. The highest BCUT2D eigenvalue weighted by atomic mass is 28.4. The first-order chi connectivity index (χ1) is 15.6. The molecule has 1 N–H and O–H groups in total. The van der Waals surface area contributed by atoms with Gasteiger partial charge < -0.3 is 18.6 Å². The first-order valence-corrected chi connectivity index (χ1v) is 15.5. The summed E-state index contributed by atoms with van der Waals surface area (Å²) in [5, 5.41) is 3.03. The number of hydrogen-bond donors (Lipinski definition) is 1. The van der Waals surface area contributed by atoms with Gasteiger partial charge in [0.2, 0.25) is 5.91 Å². The normalized spacial score (nSPS) is 11.8. The number of hydrogen-bond acceptors (Lipinski definition) is 4. The van der Waals surface area contributed by atoms with Gasteiger partial charge in [-0.05, 0) is 19.3 Å². The van der Waals surface area contributed by atoms with E-state index >= 15 is 0 Å². The summed E-state index contributed by atoms with van der Waals surface area (Å²) >= 11 is 0. The van der Waals surface area contributed by atoms with Crippen molar-refractivity contribution in [2.45, 2.75) is 135 Å². The van der Waals surface area contributed by atoms with E-state index in [-0.39, 0.29) is 5.91 Å². The Morgan fingerprint density at radius 2 is 1.00 bits per heavy atom. The quantitative estimate of drug-likeness (QED) is 0.111. The fourth-order valence-corrected chi connectivity index (χ4v) is 5.97. The Hall–Kier alpha value is -0.433. The molecule has 0 aliphatic heterocycles. The third kappa shape index (κ3) is 19.1. The smallest absolute Gasteiger partial charge is 0.377 e. The topological polar surface area (TPSA) is 56.8 Å². The summed E-state index contributed by atoms with van der Waals surface area (Å²) in [6.07, 6.45) is 24.2. The summed E-state index contributed by atoms with van der Waals surface area (Å²) in [5.41, 5.74) is 0. The van der Waals surface area contributed by atoms with E-state index in [1.807, 2.05) is 0 Å². The van der Waals surface area contributed by atoms with Gasteiger partial charge in [-0.25, -0.2) is 0 Å². The molecule has 0 saturated heterocycles. The Kier molecular flexibility index (Phi) is 23.4. The molecule has 0 bridgehead atoms. The molecule has 0 saturated carbocycles. The van der Waals surface area contributed by atoms with Crippen LogP contribution in [0.1, 0.15) is 129 Å². The first kappa shape index (κ1) is 31.6. The molecular formula is C26H55NO4Si. The van der Waals surface area contributed by atoms with Gasteiger partial charge in [0.15, 0.2) is 0 Å². The van der Waals surface area contributed by atoms with Gasteiger partial charge in [0.05, 0.1) is 0 Å². The molecule has 6 heteroatoms. The summed E-state index contributed by atoms with van der Waals surface area (Å²) in [6, 6.07) is 0.783. The molecule has 0 aliphatic rings. The zero-order valence-corrected chi connectivity index (χ0v) is 23.0. The lowest BCUT2D eigenvalue weighted by Gasteiger charge is -2.24. The zero-order chi connectivity index (χ0) is 23.8. The molecular weight excluding hydrogens is 418 g/mol. The number of rotatable bonds is 25. The molecule has 0 heterocycles. The molecule has 0 atom stereocenters. The summed E-state index contributed by atoms with van der Waals surface area (Å²) < 4.78 is 16.2. The van der Waals surface area contributed by atoms with Gasteiger partial charge in [0, 0.05) is 40.3 Å². The number of amides is 1. The average molecular weight is 474 g/mol. The van der Waals surface area contributed by atoms with Crippen LogP contribution in [0, 0.1) is 0 Å². The van der Waals surface area contributed by atoms with E-state index in [1.165, 1.54) is 96.3 Å². The Labute approximate surface area is 201 Å². The maximum absolute atomic E-state index is 11.9. The Balaban J connectivity index is 3.31. The molecule has 0 aliphatic carbocycles. The van der Waals surface area contributed by atoms with Crippen LogP contribution in [0.25, 0.3) is 0 Å². The molecule has 5 nitrogen and oxygen atoms in total. The molecule has 0 fully saturated rings. The predicted molar refractivity (Wildman–Crippen MR) is 138 cm³/mol. The summed E-state index contributed by atoms with van der Waals surface area (Å²) in [7, 11) is 2.45. The van der Waals surface area contributed by atoms with Crippen LogP contribution >= 0.6 is 0 Å². The standard InChI is InChI=1S/C26H55NO4Si/c1-5-6-7-8-9-10-11-12-13-14-15-16-17-18-19-20-23-26(28)27-24-21-22-25-32(29-2,30-3)31-4/h5-25H2,1-4H3,(H,27,28). The first-order valence-electron chi connectivity index (χ1n) is 13.6. The SMILES string of the molecule is CCCCCCCCCCCCCCCCCCC(=O)NCCCC[Si](OC)(OC)OC. The minimum atomic E-state index is -2.46. The molecule has 0 unspecified atom stereocenters. The van der Waals surface area contributed by atoms with Gasteiger partial charge in [0.1, 0.15) is 0 Å². The van der Waals surface area contributed by atoms with Crippen molar-refractivity contribution in [2.75, 3.05) is 27.9 Å². The lowest BCUT2D eigenvalue weighted by Crippen LogP contribution is -2.42. The van der Waals surface area contributed by atoms with E-state index < -0.39 is 8.80 Å². The Morgan fingerprint density at radius 3 is 1.41 bits per heavy atom. The molecule has 0 radical (unpaired) electrons. The Bertz CT molecular complexity index is 397. The summed E-state index contributed by atoms with van der Waals surface area (Å²) in [4.78, 5) is 11.9. The third-order valence-electron chi connectivity index (χ3n) is 6.42. The van der Waals surface area contributed by atoms with E-state index in [2.05, 4.69) is 12.2 Å². The van der Waals surface area contributed by atoms with Crippen molar-refractivity contribution >= 4 is 14.7 Å². The van der Waals surface area contributed by atoms with Gasteiger partial charge in [-0.2, -0.15) is 0 Å². The largest absolute Gasteiger partial charge is 0.500 e. The van der Waals surface area contributed by atoms with Gasteiger partial charge >= 0.3 is 8.80 Å². The van der Waals surface area contributed by atoms with Crippen LogP contribution in [0.5, 0.6) is 0 Å². The fourth-order valence-electron chi connectivity index (χ4n) is 4.17. The molecule has 192 valence electrons. The second-order valence-electron chi connectivity index (χ2n) is 9.16. The second-order valence-corrected chi connectivity index (χ2v) is 12.2. The molecule has 0 aromatic carbocycles. The van der Waals surface area contributed by atoms with E-state index in [4.69, 9.17) is 13.3 Å². The number of carbonyl (C=O) groups is 1. The number of carbonyl (C=O) groups excluding carboxylic acids is 1. The zero-order valence-electron chi connectivity index (χ0n) is 22.0. The van der Waals surface area contributed by atoms with Crippen LogP contribution in [0.4, 0.5) is 0 Å². The highest BCUT2D eigenvalue weighted by Crippen LogP contribution is 2.16. The minimum absolute atomic E-state index is 0.184. The maximum atomic E-state index is 11.9. The molecule has 32 heavy (non-hydrogen) atoms. The molecule has 0 rings (SSSR count). The number of unbranched alkanes of at least 4 members (excludes halogenated alkanes) is 16. The lowest BCUT2D eigenvalue weighted by atomic mass is 10.0. The monoisotopic (exact) mass is 473 g/mol. The van der Waals surface area contributed by atoms with Crippen LogP contribution in [0.2, 0.25) is 6.04 Å². The lowest BCUT2D eigenvalue weighted by molar-refractivity contribution is -0.121. The molecule has 0 spiro atoms. The molecule has 1 amide bonds. The Morgan fingerprint density at radius 1 is 0.594 bits per heavy atom. The van der Waals surface area contributed by atoms with Crippen LogP contribution in [0.15, 0.2) is 0 Å². The van der Waals surface area contributed by atoms with Crippen molar-refractivity contribution in [3.05, 3.63) is 0 Å². The molecule has 0 aromatic rings. The van der Waals surface area contributed by atoms with Crippen LogP contribution in [0.3, 0.4) is 0 Å². The van der Waals surface area contributed by atoms with Gasteiger partial charge in [0.25, 0.3) is 0 Å².